The number of aromatic nitrogens is 1. The van der Waals surface area contributed by atoms with Crippen molar-refractivity contribution in [1.29, 1.82) is 0 Å². The fourth-order valence-electron chi connectivity index (χ4n) is 4.11. The topological polar surface area (TPSA) is 79.5 Å². The highest BCUT2D eigenvalue weighted by Gasteiger charge is 2.28. The van der Waals surface area contributed by atoms with Crippen LogP contribution < -0.4 is 0 Å². The van der Waals surface area contributed by atoms with Crippen LogP contribution in [0.15, 0.2) is 0 Å². The Bertz CT molecular complexity index is 714. The van der Waals surface area contributed by atoms with Crippen LogP contribution in [-0.4, -0.2) is 47.2 Å². The van der Waals surface area contributed by atoms with Gasteiger partial charge in [0.25, 0.3) is 0 Å². The molecule has 0 unspecified atom stereocenters. The number of carbonyl (C=O) groups excluding carboxylic acids is 3. The molecule has 2 rings (SSSR count). The molecule has 156 valence electrons. The number of H-pyrrole nitrogens is 1. The van der Waals surface area contributed by atoms with Crippen molar-refractivity contribution < 1.29 is 19.1 Å². The minimum atomic E-state index is -0.459. The van der Waals surface area contributed by atoms with Gasteiger partial charge in [0.05, 0.1) is 13.2 Å². The molecular weight excluding hydrogens is 356 g/mol. The minimum Gasteiger partial charge on any atom is -0.461 e. The lowest BCUT2D eigenvalue weighted by molar-refractivity contribution is -0.134. The van der Waals surface area contributed by atoms with Gasteiger partial charge in [0, 0.05) is 23.7 Å². The number of Topliss-reactive ketones (excluding diaryl/α,β-unsaturated/α-hetero) is 1. The number of aryl methyl sites for hydroxylation is 1. The molecule has 1 aliphatic carbocycles. The van der Waals surface area contributed by atoms with E-state index in [2.05, 4.69) is 4.98 Å². The predicted octanol–water partition coefficient (Wildman–Crippen LogP) is 4.06. The van der Waals surface area contributed by atoms with Gasteiger partial charge in [-0.1, -0.05) is 33.1 Å². The summed E-state index contributed by atoms with van der Waals surface area (Å²) in [7, 11) is 0. The molecule has 1 aromatic rings. The minimum absolute atomic E-state index is 0.00961. The molecule has 1 aromatic heterocycles. The van der Waals surface area contributed by atoms with Crippen molar-refractivity contribution in [3.63, 3.8) is 0 Å². The standard InChI is InChI=1S/C22H34N2O4/c1-6-28-22(27)20-15(4)19(16(5)23-20)18(25)13-24(21(26)14(2)3)12-17-10-8-7-9-11-17/h14,17,23H,6-13H2,1-5H3. The molecule has 0 radical (unpaired) electrons. The summed E-state index contributed by atoms with van der Waals surface area (Å²) in [6.07, 6.45) is 5.88. The van der Waals surface area contributed by atoms with Crippen LogP contribution >= 0.6 is 0 Å². The number of ether oxygens (including phenoxy) is 1. The van der Waals surface area contributed by atoms with Gasteiger partial charge in [-0.25, -0.2) is 4.79 Å². The lowest BCUT2D eigenvalue weighted by Crippen LogP contribution is -2.41. The predicted molar refractivity (Wildman–Crippen MR) is 109 cm³/mol. The molecule has 0 atom stereocenters. The van der Waals surface area contributed by atoms with Gasteiger partial charge in [-0.2, -0.15) is 0 Å². The van der Waals surface area contributed by atoms with Crippen molar-refractivity contribution in [3.8, 4) is 0 Å². The molecule has 0 bridgehead atoms. The molecular formula is C22H34N2O4. The van der Waals surface area contributed by atoms with Crippen LogP contribution in [0.2, 0.25) is 0 Å². The maximum atomic E-state index is 13.1. The zero-order chi connectivity index (χ0) is 20.8. The summed E-state index contributed by atoms with van der Waals surface area (Å²) in [6, 6.07) is 0. The summed E-state index contributed by atoms with van der Waals surface area (Å²) in [5.41, 5.74) is 2.04. The van der Waals surface area contributed by atoms with Crippen LogP contribution in [0.25, 0.3) is 0 Å². The number of esters is 1. The second-order valence-corrected chi connectivity index (χ2v) is 8.15. The Kier molecular flexibility index (Phi) is 7.84. The van der Waals surface area contributed by atoms with Crippen LogP contribution in [0.1, 0.15) is 85.0 Å². The van der Waals surface area contributed by atoms with Gasteiger partial charge >= 0.3 is 5.97 Å². The highest BCUT2D eigenvalue weighted by atomic mass is 16.5. The summed E-state index contributed by atoms with van der Waals surface area (Å²) >= 11 is 0. The molecule has 1 fully saturated rings. The zero-order valence-electron chi connectivity index (χ0n) is 17.9. The van der Waals surface area contributed by atoms with E-state index in [1.165, 1.54) is 19.3 Å². The Morgan fingerprint density at radius 1 is 1.14 bits per heavy atom. The summed E-state index contributed by atoms with van der Waals surface area (Å²) < 4.78 is 5.06. The fourth-order valence-corrected chi connectivity index (χ4v) is 4.11. The number of nitrogens with one attached hydrogen (secondary N) is 1. The van der Waals surface area contributed by atoms with Gasteiger partial charge in [0.2, 0.25) is 5.91 Å². The van der Waals surface area contributed by atoms with Crippen molar-refractivity contribution in [3.05, 3.63) is 22.5 Å². The van der Waals surface area contributed by atoms with E-state index in [-0.39, 0.29) is 30.8 Å². The van der Waals surface area contributed by atoms with E-state index in [1.807, 2.05) is 13.8 Å². The average Bonchev–Trinajstić information content (AvgIpc) is 2.96. The Labute approximate surface area is 168 Å². The molecule has 0 aromatic carbocycles. The number of ketones is 1. The van der Waals surface area contributed by atoms with Gasteiger partial charge in [-0.3, -0.25) is 9.59 Å². The quantitative estimate of drug-likeness (QED) is 0.536. The third kappa shape index (κ3) is 5.24. The van der Waals surface area contributed by atoms with Crippen LogP contribution in [0.5, 0.6) is 0 Å². The summed E-state index contributed by atoms with van der Waals surface area (Å²) in [6.45, 7) is 9.97. The molecule has 0 spiro atoms. The monoisotopic (exact) mass is 390 g/mol. The van der Waals surface area contributed by atoms with Crippen molar-refractivity contribution in [2.24, 2.45) is 11.8 Å². The molecule has 6 heteroatoms. The molecule has 1 N–H and O–H groups in total. The molecule has 0 aliphatic heterocycles. The van der Waals surface area contributed by atoms with Gasteiger partial charge in [-0.15, -0.1) is 0 Å². The van der Waals surface area contributed by atoms with E-state index in [9.17, 15) is 14.4 Å². The molecule has 28 heavy (non-hydrogen) atoms. The molecule has 1 heterocycles. The smallest absolute Gasteiger partial charge is 0.355 e. The molecule has 1 amide bonds. The van der Waals surface area contributed by atoms with Crippen LogP contribution in [-0.2, 0) is 9.53 Å². The second-order valence-electron chi connectivity index (χ2n) is 8.15. The maximum absolute atomic E-state index is 13.1. The Morgan fingerprint density at radius 3 is 2.36 bits per heavy atom. The first kappa shape index (κ1) is 22.2. The summed E-state index contributed by atoms with van der Waals surface area (Å²) in [5.74, 6) is -0.269. The van der Waals surface area contributed by atoms with E-state index >= 15 is 0 Å². The van der Waals surface area contributed by atoms with Crippen LogP contribution in [0.4, 0.5) is 0 Å². The number of rotatable bonds is 8. The summed E-state index contributed by atoms with van der Waals surface area (Å²) in [5, 5.41) is 0. The van der Waals surface area contributed by atoms with E-state index in [4.69, 9.17) is 4.74 Å². The number of amides is 1. The van der Waals surface area contributed by atoms with Crippen molar-refractivity contribution >= 4 is 17.7 Å². The number of carbonyl (C=O) groups is 3. The van der Waals surface area contributed by atoms with E-state index in [0.29, 0.717) is 35.0 Å². The van der Waals surface area contributed by atoms with E-state index in [1.54, 1.807) is 25.7 Å². The largest absolute Gasteiger partial charge is 0.461 e. The average molecular weight is 391 g/mol. The van der Waals surface area contributed by atoms with E-state index < -0.39 is 5.97 Å². The first-order valence-electron chi connectivity index (χ1n) is 10.4. The highest BCUT2D eigenvalue weighted by Crippen LogP contribution is 2.26. The van der Waals surface area contributed by atoms with Gasteiger partial charge in [-0.05, 0) is 45.1 Å². The van der Waals surface area contributed by atoms with E-state index in [0.717, 1.165) is 12.8 Å². The maximum Gasteiger partial charge on any atom is 0.355 e. The third-order valence-electron chi connectivity index (χ3n) is 5.54. The molecule has 1 saturated carbocycles. The van der Waals surface area contributed by atoms with Crippen LogP contribution in [0, 0.1) is 25.7 Å². The Balaban J connectivity index is 2.20. The van der Waals surface area contributed by atoms with Crippen molar-refractivity contribution in [2.45, 2.75) is 66.7 Å². The molecule has 1 aliphatic rings. The van der Waals surface area contributed by atoms with Gasteiger partial charge in [0.15, 0.2) is 5.78 Å². The lowest BCUT2D eigenvalue weighted by Gasteiger charge is -2.30. The number of hydrogen-bond donors (Lipinski definition) is 1. The zero-order valence-corrected chi connectivity index (χ0v) is 17.9. The molecule has 0 saturated heterocycles. The van der Waals surface area contributed by atoms with Crippen molar-refractivity contribution in [1.82, 2.24) is 9.88 Å². The Morgan fingerprint density at radius 2 is 1.79 bits per heavy atom. The third-order valence-corrected chi connectivity index (χ3v) is 5.54. The van der Waals surface area contributed by atoms with Crippen LogP contribution in [0.3, 0.4) is 0 Å². The Hall–Kier alpha value is -2.11. The SMILES string of the molecule is CCOC(=O)c1[nH]c(C)c(C(=O)CN(CC2CCCCC2)C(=O)C(C)C)c1C. The van der Waals surface area contributed by atoms with Gasteiger partial charge in [0.1, 0.15) is 5.69 Å². The van der Waals surface area contributed by atoms with Crippen molar-refractivity contribution in [2.75, 3.05) is 19.7 Å². The fraction of sp³-hybridized carbons (Fsp3) is 0.682. The normalized spacial score (nSPS) is 14.9. The highest BCUT2D eigenvalue weighted by molar-refractivity contribution is 6.04. The first-order valence-corrected chi connectivity index (χ1v) is 10.4. The lowest BCUT2D eigenvalue weighted by atomic mass is 9.88. The number of nitrogens with zero attached hydrogens (tertiary/aromatic N) is 1. The number of aromatic amines is 1. The first-order chi connectivity index (χ1) is 13.3. The molecule has 6 nitrogen and oxygen atoms in total. The number of hydrogen-bond acceptors (Lipinski definition) is 4. The van der Waals surface area contributed by atoms with Gasteiger partial charge < -0.3 is 14.6 Å². The summed E-state index contributed by atoms with van der Waals surface area (Å²) in [4.78, 5) is 42.7. The second kappa shape index (κ2) is 9.89.